The van der Waals surface area contributed by atoms with Gasteiger partial charge in [0, 0.05) is 20.2 Å². The summed E-state index contributed by atoms with van der Waals surface area (Å²) < 4.78 is 24.9. The van der Waals surface area contributed by atoms with Crippen molar-refractivity contribution in [2.45, 2.75) is 11.8 Å². The third kappa shape index (κ3) is 3.18. The van der Waals surface area contributed by atoms with Gasteiger partial charge in [0.1, 0.15) is 0 Å². The van der Waals surface area contributed by atoms with E-state index in [0.29, 0.717) is 11.1 Å². The highest BCUT2D eigenvalue weighted by Crippen LogP contribution is 2.18. The van der Waals surface area contributed by atoms with E-state index in [1.165, 1.54) is 32.3 Å². The highest BCUT2D eigenvalue weighted by molar-refractivity contribution is 7.89. The lowest BCUT2D eigenvalue weighted by Gasteiger charge is -2.12. The second-order valence-corrected chi connectivity index (χ2v) is 6.13. The number of hydrogen-bond donors (Lipinski definition) is 1. The molecule has 0 atom stereocenters. The second-order valence-electron chi connectivity index (χ2n) is 3.98. The monoisotopic (exact) mass is 269 g/mol. The van der Waals surface area contributed by atoms with Crippen LogP contribution in [0.5, 0.6) is 0 Å². The van der Waals surface area contributed by atoms with Gasteiger partial charge in [0.15, 0.2) is 0 Å². The Morgan fingerprint density at radius 2 is 1.94 bits per heavy atom. The Labute approximate surface area is 106 Å². The zero-order valence-corrected chi connectivity index (χ0v) is 11.2. The molecule has 5 nitrogen and oxygen atoms in total. The van der Waals surface area contributed by atoms with Gasteiger partial charge in [0.2, 0.25) is 10.0 Å². The fourth-order valence-corrected chi connectivity index (χ4v) is 2.35. The van der Waals surface area contributed by atoms with Gasteiger partial charge in [-0.3, -0.25) is 0 Å². The Morgan fingerprint density at radius 3 is 2.39 bits per heavy atom. The van der Waals surface area contributed by atoms with Crippen LogP contribution in [0.4, 0.5) is 0 Å². The van der Waals surface area contributed by atoms with Crippen molar-refractivity contribution < 1.29 is 18.3 Å². The van der Waals surface area contributed by atoms with Crippen LogP contribution in [0.15, 0.2) is 29.2 Å². The topological polar surface area (TPSA) is 74.7 Å². The molecule has 0 aliphatic rings. The van der Waals surface area contributed by atoms with Crippen LogP contribution in [0, 0.1) is 6.92 Å². The molecule has 98 valence electrons. The maximum Gasteiger partial charge on any atom is 0.328 e. The number of carboxylic acid groups (broad SMARTS) is 1. The predicted octanol–water partition coefficient (Wildman–Crippen LogP) is 1.34. The SMILES string of the molecule is Cc1cc(S(=O)(=O)N(C)C)ccc1C=CC(=O)O. The van der Waals surface area contributed by atoms with Crippen LogP contribution in [-0.2, 0) is 14.8 Å². The summed E-state index contributed by atoms with van der Waals surface area (Å²) in [6.07, 6.45) is 2.45. The van der Waals surface area contributed by atoms with Gasteiger partial charge in [-0.1, -0.05) is 6.07 Å². The molecule has 0 fully saturated rings. The lowest BCUT2D eigenvalue weighted by atomic mass is 10.1. The third-order valence-electron chi connectivity index (χ3n) is 2.43. The number of carboxylic acids is 1. The Morgan fingerprint density at radius 1 is 1.33 bits per heavy atom. The summed E-state index contributed by atoms with van der Waals surface area (Å²) in [7, 11) is -0.532. The minimum absolute atomic E-state index is 0.192. The molecule has 6 heteroatoms. The van der Waals surface area contributed by atoms with Crippen LogP contribution >= 0.6 is 0 Å². The first-order chi connectivity index (χ1) is 8.25. The van der Waals surface area contributed by atoms with E-state index in [9.17, 15) is 13.2 Å². The maximum atomic E-state index is 11.9. The summed E-state index contributed by atoms with van der Waals surface area (Å²) in [4.78, 5) is 10.6. The number of sulfonamides is 1. The summed E-state index contributed by atoms with van der Waals surface area (Å²) in [5, 5.41) is 8.53. The highest BCUT2D eigenvalue weighted by atomic mass is 32.2. The van der Waals surface area contributed by atoms with Crippen molar-refractivity contribution in [1.29, 1.82) is 0 Å². The molecule has 0 bridgehead atoms. The van der Waals surface area contributed by atoms with Crippen molar-refractivity contribution in [3.63, 3.8) is 0 Å². The van der Waals surface area contributed by atoms with E-state index in [1.807, 2.05) is 0 Å². The molecule has 1 N–H and O–H groups in total. The lowest BCUT2D eigenvalue weighted by molar-refractivity contribution is -0.131. The molecular formula is C12H15NO4S. The molecule has 0 saturated heterocycles. The number of nitrogens with zero attached hydrogens (tertiary/aromatic N) is 1. The van der Waals surface area contributed by atoms with Crippen LogP contribution in [0.1, 0.15) is 11.1 Å². The fourth-order valence-electron chi connectivity index (χ4n) is 1.37. The van der Waals surface area contributed by atoms with E-state index >= 15 is 0 Å². The fraction of sp³-hybridized carbons (Fsp3) is 0.250. The Hall–Kier alpha value is -1.66. The molecule has 1 rings (SSSR count). The van der Waals surface area contributed by atoms with Crippen LogP contribution in [0.3, 0.4) is 0 Å². The Kier molecular flexibility index (Phi) is 4.26. The van der Waals surface area contributed by atoms with Crippen molar-refractivity contribution in [3.05, 3.63) is 35.4 Å². The minimum Gasteiger partial charge on any atom is -0.478 e. The maximum absolute atomic E-state index is 11.9. The van der Waals surface area contributed by atoms with Crippen molar-refractivity contribution in [1.82, 2.24) is 4.31 Å². The number of carbonyl (C=O) groups is 1. The van der Waals surface area contributed by atoms with Crippen molar-refractivity contribution >= 4 is 22.1 Å². The summed E-state index contributed by atoms with van der Waals surface area (Å²) in [5.74, 6) is -1.04. The lowest BCUT2D eigenvalue weighted by Crippen LogP contribution is -2.22. The molecule has 0 radical (unpaired) electrons. The molecule has 0 aromatic heterocycles. The number of hydrogen-bond acceptors (Lipinski definition) is 3. The van der Waals surface area contributed by atoms with Crippen LogP contribution in [0.2, 0.25) is 0 Å². The molecule has 1 aromatic rings. The van der Waals surface area contributed by atoms with E-state index in [4.69, 9.17) is 5.11 Å². The summed E-state index contributed by atoms with van der Waals surface area (Å²) in [6.45, 7) is 1.73. The first-order valence-corrected chi connectivity index (χ1v) is 6.63. The largest absolute Gasteiger partial charge is 0.478 e. The van der Waals surface area contributed by atoms with E-state index in [2.05, 4.69) is 0 Å². The molecular weight excluding hydrogens is 254 g/mol. The average Bonchev–Trinajstić information content (AvgIpc) is 2.26. The van der Waals surface area contributed by atoms with Gasteiger partial charge in [-0.05, 0) is 36.3 Å². The van der Waals surface area contributed by atoms with Crippen LogP contribution in [0.25, 0.3) is 6.08 Å². The number of aryl methyl sites for hydroxylation is 1. The Bertz CT molecular complexity index is 588. The number of benzene rings is 1. The zero-order valence-electron chi connectivity index (χ0n) is 10.4. The molecule has 1 aromatic carbocycles. The van der Waals surface area contributed by atoms with Gasteiger partial charge in [0.05, 0.1) is 4.90 Å². The molecule has 0 unspecified atom stereocenters. The minimum atomic E-state index is -3.45. The number of aliphatic carboxylic acids is 1. The first-order valence-electron chi connectivity index (χ1n) is 5.19. The van der Waals surface area contributed by atoms with Crippen molar-refractivity contribution in [3.8, 4) is 0 Å². The predicted molar refractivity (Wildman–Crippen MR) is 68.7 cm³/mol. The van der Waals surface area contributed by atoms with E-state index in [0.717, 1.165) is 10.4 Å². The first kappa shape index (κ1) is 14.4. The van der Waals surface area contributed by atoms with Gasteiger partial charge in [-0.2, -0.15) is 0 Å². The molecule has 0 amide bonds. The highest BCUT2D eigenvalue weighted by Gasteiger charge is 2.17. The molecule has 0 saturated carbocycles. The molecule has 18 heavy (non-hydrogen) atoms. The van der Waals surface area contributed by atoms with Crippen molar-refractivity contribution in [2.24, 2.45) is 0 Å². The van der Waals surface area contributed by atoms with Gasteiger partial charge in [-0.15, -0.1) is 0 Å². The van der Waals surface area contributed by atoms with Gasteiger partial charge in [0.25, 0.3) is 0 Å². The Balaban J connectivity index is 3.19. The zero-order chi connectivity index (χ0) is 13.9. The van der Waals surface area contributed by atoms with Crippen LogP contribution < -0.4 is 0 Å². The van der Waals surface area contributed by atoms with Gasteiger partial charge in [-0.25, -0.2) is 17.5 Å². The molecule has 0 aliphatic heterocycles. The standard InChI is InChI=1S/C12H15NO4S/c1-9-8-11(18(16,17)13(2)3)6-4-10(9)5-7-12(14)15/h4-8H,1-3H3,(H,14,15). The summed E-state index contributed by atoms with van der Waals surface area (Å²) >= 11 is 0. The smallest absolute Gasteiger partial charge is 0.328 e. The summed E-state index contributed by atoms with van der Waals surface area (Å²) in [5.41, 5.74) is 1.38. The number of rotatable bonds is 4. The quantitative estimate of drug-likeness (QED) is 0.837. The molecule has 0 spiro atoms. The molecule has 0 heterocycles. The normalized spacial score (nSPS) is 12.2. The van der Waals surface area contributed by atoms with Gasteiger partial charge < -0.3 is 5.11 Å². The van der Waals surface area contributed by atoms with E-state index in [-0.39, 0.29) is 4.90 Å². The van der Waals surface area contributed by atoms with E-state index < -0.39 is 16.0 Å². The van der Waals surface area contributed by atoms with Crippen LogP contribution in [-0.4, -0.2) is 37.9 Å². The second kappa shape index (κ2) is 5.32. The van der Waals surface area contributed by atoms with Crippen molar-refractivity contribution in [2.75, 3.05) is 14.1 Å². The third-order valence-corrected chi connectivity index (χ3v) is 4.24. The molecule has 0 aliphatic carbocycles. The summed E-state index contributed by atoms with van der Waals surface area (Å²) in [6, 6.07) is 4.58. The average molecular weight is 269 g/mol. The van der Waals surface area contributed by atoms with E-state index in [1.54, 1.807) is 13.0 Å². The van der Waals surface area contributed by atoms with Gasteiger partial charge >= 0.3 is 5.97 Å².